The summed E-state index contributed by atoms with van der Waals surface area (Å²) < 4.78 is 31.2. The molecule has 0 aliphatic carbocycles. The van der Waals surface area contributed by atoms with E-state index in [-0.39, 0.29) is 10.6 Å². The molecule has 1 aromatic heterocycles. The third-order valence-electron chi connectivity index (χ3n) is 1.89. The number of sulfonamides is 1. The molecule has 0 radical (unpaired) electrons. The zero-order valence-electron chi connectivity index (χ0n) is 8.22. The van der Waals surface area contributed by atoms with Crippen LogP contribution < -0.4 is 4.72 Å². The molecule has 0 bridgehead atoms. The average Bonchev–Trinajstić information content (AvgIpc) is 2.73. The summed E-state index contributed by atoms with van der Waals surface area (Å²) in [5.41, 5.74) is 0.260. The van der Waals surface area contributed by atoms with Crippen LogP contribution in [-0.4, -0.2) is 13.6 Å². The number of aromatic nitrogens is 1. The number of benzene rings is 1. The van der Waals surface area contributed by atoms with Gasteiger partial charge in [0, 0.05) is 4.47 Å². The van der Waals surface area contributed by atoms with Gasteiger partial charge in [0.15, 0.2) is 0 Å². The summed E-state index contributed by atoms with van der Waals surface area (Å²) in [5, 5.41) is 3.84. The van der Waals surface area contributed by atoms with Gasteiger partial charge in [-0.3, -0.25) is 4.72 Å². The van der Waals surface area contributed by atoms with E-state index in [0.29, 0.717) is 9.50 Å². The van der Waals surface area contributed by atoms with Crippen LogP contribution in [-0.2, 0) is 10.0 Å². The number of nitrogens with one attached hydrogen (secondary N) is 1. The predicted molar refractivity (Wildman–Crippen MR) is 66.5 cm³/mol. The van der Waals surface area contributed by atoms with Gasteiger partial charge in [0.1, 0.15) is 12.0 Å². The topological polar surface area (TPSA) is 72.2 Å². The van der Waals surface area contributed by atoms with Gasteiger partial charge in [-0.05, 0) is 34.1 Å². The second kappa shape index (κ2) is 4.67. The highest BCUT2D eigenvalue weighted by molar-refractivity contribution is 9.10. The Kier molecular flexibility index (Phi) is 3.41. The van der Waals surface area contributed by atoms with E-state index in [1.807, 2.05) is 0 Å². The molecule has 0 atom stereocenters. The van der Waals surface area contributed by atoms with Crippen LogP contribution in [0.15, 0.2) is 44.6 Å². The SMILES string of the molecule is O=S(=O)(Nc1cnoc1)c1ccc(Cl)c(Br)c1. The van der Waals surface area contributed by atoms with Crippen LogP contribution in [0.5, 0.6) is 0 Å². The standard InChI is InChI=1S/C9H6BrClN2O3S/c10-8-3-7(1-2-9(8)11)17(14,15)13-6-4-12-16-5-6/h1-5,13H. The highest BCUT2D eigenvalue weighted by Gasteiger charge is 2.16. The van der Waals surface area contributed by atoms with Crippen LogP contribution in [0, 0.1) is 0 Å². The lowest BCUT2D eigenvalue weighted by Crippen LogP contribution is -2.12. The van der Waals surface area contributed by atoms with E-state index in [1.54, 1.807) is 0 Å². The molecule has 0 fully saturated rings. The fourth-order valence-corrected chi connectivity index (χ4v) is 2.81. The van der Waals surface area contributed by atoms with Crippen molar-refractivity contribution in [3.05, 3.63) is 40.2 Å². The van der Waals surface area contributed by atoms with Gasteiger partial charge < -0.3 is 4.52 Å². The summed E-state index contributed by atoms with van der Waals surface area (Å²) in [7, 11) is -3.66. The second-order valence-corrected chi connectivity index (χ2v) is 6.04. The Bertz CT molecular complexity index is 628. The third-order valence-corrected chi connectivity index (χ3v) is 4.48. The molecule has 0 aliphatic rings. The molecule has 2 rings (SSSR count). The van der Waals surface area contributed by atoms with Crippen LogP contribution in [0.3, 0.4) is 0 Å². The Labute approximate surface area is 111 Å². The minimum atomic E-state index is -3.66. The van der Waals surface area contributed by atoms with Crippen molar-refractivity contribution in [3.8, 4) is 0 Å². The molecule has 2 aromatic rings. The van der Waals surface area contributed by atoms with Crippen molar-refractivity contribution in [1.82, 2.24) is 5.16 Å². The van der Waals surface area contributed by atoms with Gasteiger partial charge in [-0.2, -0.15) is 0 Å². The molecule has 0 spiro atoms. The summed E-state index contributed by atoms with van der Waals surface area (Å²) in [6.45, 7) is 0. The Morgan fingerprint density at radius 3 is 2.76 bits per heavy atom. The van der Waals surface area contributed by atoms with Crippen molar-refractivity contribution in [2.75, 3.05) is 4.72 Å². The Morgan fingerprint density at radius 1 is 1.41 bits per heavy atom. The van der Waals surface area contributed by atoms with Crippen molar-refractivity contribution in [2.24, 2.45) is 0 Å². The normalized spacial score (nSPS) is 11.4. The van der Waals surface area contributed by atoms with Crippen molar-refractivity contribution in [3.63, 3.8) is 0 Å². The molecular weight excluding hydrogens is 332 g/mol. The van der Waals surface area contributed by atoms with Crippen molar-refractivity contribution >= 4 is 43.2 Å². The van der Waals surface area contributed by atoms with Gasteiger partial charge in [-0.1, -0.05) is 16.8 Å². The largest absolute Gasteiger partial charge is 0.362 e. The van der Waals surface area contributed by atoms with E-state index in [4.69, 9.17) is 11.6 Å². The Balaban J connectivity index is 2.35. The molecule has 0 saturated heterocycles. The molecule has 0 unspecified atom stereocenters. The number of hydrogen-bond donors (Lipinski definition) is 1. The zero-order chi connectivity index (χ0) is 12.5. The summed E-state index contributed by atoms with van der Waals surface area (Å²) in [6, 6.07) is 4.31. The molecule has 17 heavy (non-hydrogen) atoms. The Morgan fingerprint density at radius 2 is 2.18 bits per heavy atom. The lowest BCUT2D eigenvalue weighted by molar-refractivity contribution is 0.420. The molecule has 5 nitrogen and oxygen atoms in total. The first-order valence-electron chi connectivity index (χ1n) is 4.36. The van der Waals surface area contributed by atoms with E-state index in [0.717, 1.165) is 0 Å². The van der Waals surface area contributed by atoms with Gasteiger partial charge in [-0.15, -0.1) is 0 Å². The molecule has 1 aromatic carbocycles. The summed E-state index contributed by atoms with van der Waals surface area (Å²) >= 11 is 8.95. The maximum absolute atomic E-state index is 11.9. The highest BCUT2D eigenvalue weighted by Crippen LogP contribution is 2.26. The van der Waals surface area contributed by atoms with Crippen LogP contribution in [0.2, 0.25) is 5.02 Å². The fraction of sp³-hybridized carbons (Fsp3) is 0. The van der Waals surface area contributed by atoms with Gasteiger partial charge in [0.25, 0.3) is 10.0 Å². The summed E-state index contributed by atoms with van der Waals surface area (Å²) in [6.07, 6.45) is 2.46. The van der Waals surface area contributed by atoms with Crippen molar-refractivity contribution in [2.45, 2.75) is 4.90 Å². The first-order valence-corrected chi connectivity index (χ1v) is 7.02. The van der Waals surface area contributed by atoms with Gasteiger partial charge in [0.05, 0.1) is 16.1 Å². The van der Waals surface area contributed by atoms with E-state index in [2.05, 4.69) is 30.3 Å². The number of hydrogen-bond acceptors (Lipinski definition) is 4. The smallest absolute Gasteiger partial charge is 0.262 e. The molecule has 0 amide bonds. The van der Waals surface area contributed by atoms with E-state index in [9.17, 15) is 8.42 Å². The van der Waals surface area contributed by atoms with E-state index >= 15 is 0 Å². The number of anilines is 1. The quantitative estimate of drug-likeness (QED) is 0.934. The molecular formula is C9H6BrClN2O3S. The maximum Gasteiger partial charge on any atom is 0.262 e. The second-order valence-electron chi connectivity index (χ2n) is 3.09. The molecule has 0 saturated carbocycles. The molecule has 0 aliphatic heterocycles. The average molecular weight is 338 g/mol. The minimum Gasteiger partial charge on any atom is -0.362 e. The van der Waals surface area contributed by atoms with Gasteiger partial charge in [-0.25, -0.2) is 8.42 Å². The third kappa shape index (κ3) is 2.80. The van der Waals surface area contributed by atoms with Crippen LogP contribution in [0.1, 0.15) is 0 Å². The fourth-order valence-electron chi connectivity index (χ4n) is 1.11. The number of rotatable bonds is 3. The van der Waals surface area contributed by atoms with Crippen molar-refractivity contribution in [1.29, 1.82) is 0 Å². The monoisotopic (exact) mass is 336 g/mol. The Hall–Kier alpha value is -1.05. The summed E-state index contributed by atoms with van der Waals surface area (Å²) in [5.74, 6) is 0. The van der Waals surface area contributed by atoms with Crippen LogP contribution >= 0.6 is 27.5 Å². The maximum atomic E-state index is 11.9. The lowest BCUT2D eigenvalue weighted by atomic mass is 10.4. The summed E-state index contributed by atoms with van der Waals surface area (Å²) in [4.78, 5) is 0.0926. The van der Waals surface area contributed by atoms with E-state index in [1.165, 1.54) is 30.7 Å². The van der Waals surface area contributed by atoms with Crippen LogP contribution in [0.25, 0.3) is 0 Å². The molecule has 1 heterocycles. The minimum absolute atomic E-state index is 0.0926. The number of nitrogens with zero attached hydrogens (tertiary/aromatic N) is 1. The van der Waals surface area contributed by atoms with Gasteiger partial charge in [0.2, 0.25) is 0 Å². The van der Waals surface area contributed by atoms with Crippen molar-refractivity contribution < 1.29 is 12.9 Å². The molecule has 1 N–H and O–H groups in total. The lowest BCUT2D eigenvalue weighted by Gasteiger charge is -2.06. The first kappa shape index (κ1) is 12.4. The van der Waals surface area contributed by atoms with Crippen LogP contribution in [0.4, 0.5) is 5.69 Å². The molecule has 90 valence electrons. The van der Waals surface area contributed by atoms with E-state index < -0.39 is 10.0 Å². The highest BCUT2D eigenvalue weighted by atomic mass is 79.9. The first-order chi connectivity index (χ1) is 7.99. The number of halogens is 2. The molecule has 8 heteroatoms. The zero-order valence-corrected chi connectivity index (χ0v) is 11.4. The predicted octanol–water partition coefficient (Wildman–Crippen LogP) is 2.89. The van der Waals surface area contributed by atoms with Gasteiger partial charge >= 0.3 is 0 Å².